The maximum Gasteiger partial charge on any atom is 0.339 e. The molecule has 1 aliphatic heterocycles. The van der Waals surface area contributed by atoms with Crippen molar-refractivity contribution in [2.24, 2.45) is 0 Å². The predicted molar refractivity (Wildman–Crippen MR) is 80.8 cm³/mol. The minimum Gasteiger partial charge on any atom is -0.478 e. The Morgan fingerprint density at radius 1 is 1.23 bits per heavy atom. The molecule has 2 atom stereocenters. The Balaban J connectivity index is 1.72. The van der Waals surface area contributed by atoms with E-state index in [-0.39, 0.29) is 17.7 Å². The molecule has 0 aromatic carbocycles. The number of aromatic nitrogens is 2. The smallest absolute Gasteiger partial charge is 0.339 e. The summed E-state index contributed by atoms with van der Waals surface area (Å²) in [4.78, 5) is 19.7. The first kappa shape index (κ1) is 14.5. The van der Waals surface area contributed by atoms with Crippen LogP contribution in [0, 0.1) is 0 Å². The molecule has 0 radical (unpaired) electrons. The van der Waals surface area contributed by atoms with Crippen LogP contribution in [-0.2, 0) is 4.74 Å². The highest BCUT2D eigenvalue weighted by Crippen LogP contribution is 2.28. The van der Waals surface area contributed by atoms with E-state index in [1.807, 2.05) is 18.2 Å². The van der Waals surface area contributed by atoms with Gasteiger partial charge in [0.2, 0.25) is 0 Å². The highest BCUT2D eigenvalue weighted by Gasteiger charge is 2.26. The van der Waals surface area contributed by atoms with Crippen molar-refractivity contribution in [2.75, 3.05) is 11.9 Å². The number of anilines is 1. The average Bonchev–Trinajstić information content (AvgIpc) is 2.56. The molecular formula is C16H17N3O3. The standard InChI is InChI=1S/C16H17N3O3/c20-16(21)12-4-3-8-18-15(12)19-11-6-9-22-14(10-11)13-5-1-2-7-17-13/h1-5,7-8,11,14H,6,9-10H2,(H,18,19)(H,20,21)/t11-,14-/m1/s1. The number of pyridine rings is 2. The summed E-state index contributed by atoms with van der Waals surface area (Å²) in [5, 5.41) is 12.4. The Labute approximate surface area is 128 Å². The lowest BCUT2D eigenvalue weighted by Crippen LogP contribution is -2.31. The van der Waals surface area contributed by atoms with Crippen molar-refractivity contribution in [3.63, 3.8) is 0 Å². The number of carboxylic acid groups (broad SMARTS) is 1. The third-order valence-electron chi connectivity index (χ3n) is 3.68. The molecule has 0 unspecified atom stereocenters. The Morgan fingerprint density at radius 3 is 2.86 bits per heavy atom. The van der Waals surface area contributed by atoms with Crippen LogP contribution < -0.4 is 5.32 Å². The van der Waals surface area contributed by atoms with Crippen molar-refractivity contribution in [3.8, 4) is 0 Å². The van der Waals surface area contributed by atoms with Crippen LogP contribution in [0.5, 0.6) is 0 Å². The molecule has 3 heterocycles. The quantitative estimate of drug-likeness (QED) is 0.902. The summed E-state index contributed by atoms with van der Waals surface area (Å²) in [7, 11) is 0. The maximum atomic E-state index is 11.2. The number of nitrogens with zero attached hydrogens (tertiary/aromatic N) is 2. The fourth-order valence-corrected chi connectivity index (χ4v) is 2.59. The second kappa shape index (κ2) is 6.53. The molecule has 3 rings (SSSR count). The Morgan fingerprint density at radius 2 is 2.09 bits per heavy atom. The topological polar surface area (TPSA) is 84.3 Å². The fraction of sp³-hybridized carbons (Fsp3) is 0.312. The van der Waals surface area contributed by atoms with E-state index >= 15 is 0 Å². The molecule has 2 aromatic rings. The van der Waals surface area contributed by atoms with E-state index in [1.54, 1.807) is 24.5 Å². The summed E-state index contributed by atoms with van der Waals surface area (Å²) in [5.74, 6) is -0.578. The number of hydrogen-bond acceptors (Lipinski definition) is 5. The van der Waals surface area contributed by atoms with Crippen molar-refractivity contribution < 1.29 is 14.6 Å². The first-order chi connectivity index (χ1) is 10.7. The average molecular weight is 299 g/mol. The van der Waals surface area contributed by atoms with Crippen LogP contribution in [0.4, 0.5) is 5.82 Å². The molecule has 0 aliphatic carbocycles. The van der Waals surface area contributed by atoms with Gasteiger partial charge in [0.1, 0.15) is 17.5 Å². The van der Waals surface area contributed by atoms with E-state index in [1.165, 1.54) is 0 Å². The zero-order valence-electron chi connectivity index (χ0n) is 12.0. The normalized spacial score (nSPS) is 21.3. The van der Waals surface area contributed by atoms with Crippen LogP contribution in [0.3, 0.4) is 0 Å². The zero-order valence-corrected chi connectivity index (χ0v) is 12.0. The summed E-state index contributed by atoms with van der Waals surface area (Å²) < 4.78 is 5.77. The van der Waals surface area contributed by atoms with Gasteiger partial charge in [0.15, 0.2) is 0 Å². The van der Waals surface area contributed by atoms with Gasteiger partial charge in [0, 0.05) is 25.0 Å². The van der Waals surface area contributed by atoms with Gasteiger partial charge in [-0.25, -0.2) is 9.78 Å². The van der Waals surface area contributed by atoms with Crippen molar-refractivity contribution >= 4 is 11.8 Å². The maximum absolute atomic E-state index is 11.2. The molecule has 6 nitrogen and oxygen atoms in total. The van der Waals surface area contributed by atoms with Crippen LogP contribution in [0.15, 0.2) is 42.7 Å². The third-order valence-corrected chi connectivity index (χ3v) is 3.68. The van der Waals surface area contributed by atoms with Crippen molar-refractivity contribution in [1.29, 1.82) is 0 Å². The second-order valence-electron chi connectivity index (χ2n) is 5.18. The Kier molecular flexibility index (Phi) is 4.29. The van der Waals surface area contributed by atoms with Crippen molar-refractivity contribution in [2.45, 2.75) is 25.0 Å². The van der Waals surface area contributed by atoms with E-state index < -0.39 is 5.97 Å². The molecule has 0 amide bonds. The molecule has 0 spiro atoms. The molecule has 2 N–H and O–H groups in total. The van der Waals surface area contributed by atoms with Crippen molar-refractivity contribution in [3.05, 3.63) is 54.0 Å². The Hall–Kier alpha value is -2.47. The van der Waals surface area contributed by atoms with Gasteiger partial charge in [-0.2, -0.15) is 0 Å². The van der Waals surface area contributed by atoms with Gasteiger partial charge < -0.3 is 15.2 Å². The predicted octanol–water partition coefficient (Wildman–Crippen LogP) is 2.51. The summed E-state index contributed by atoms with van der Waals surface area (Å²) in [5.41, 5.74) is 1.08. The molecule has 2 aromatic heterocycles. The van der Waals surface area contributed by atoms with Gasteiger partial charge in [-0.05, 0) is 37.1 Å². The van der Waals surface area contributed by atoms with E-state index in [0.717, 1.165) is 18.5 Å². The number of rotatable bonds is 4. The molecule has 6 heteroatoms. The molecule has 0 saturated carbocycles. The van der Waals surface area contributed by atoms with Crippen LogP contribution in [0.25, 0.3) is 0 Å². The second-order valence-corrected chi connectivity index (χ2v) is 5.18. The lowest BCUT2D eigenvalue weighted by atomic mass is 10.0. The first-order valence-electron chi connectivity index (χ1n) is 7.21. The number of nitrogens with one attached hydrogen (secondary N) is 1. The van der Waals surface area contributed by atoms with E-state index in [4.69, 9.17) is 4.74 Å². The fourth-order valence-electron chi connectivity index (χ4n) is 2.59. The van der Waals surface area contributed by atoms with E-state index in [2.05, 4.69) is 15.3 Å². The lowest BCUT2D eigenvalue weighted by molar-refractivity contribution is 0.00716. The highest BCUT2D eigenvalue weighted by molar-refractivity contribution is 5.93. The van der Waals surface area contributed by atoms with E-state index in [0.29, 0.717) is 12.4 Å². The summed E-state index contributed by atoms with van der Waals surface area (Å²) in [6.45, 7) is 0.605. The molecular weight excluding hydrogens is 282 g/mol. The number of carboxylic acids is 1. The van der Waals surface area contributed by atoms with E-state index in [9.17, 15) is 9.90 Å². The summed E-state index contributed by atoms with van der Waals surface area (Å²) in [6, 6.07) is 9.02. The third kappa shape index (κ3) is 3.23. The summed E-state index contributed by atoms with van der Waals surface area (Å²) in [6.07, 6.45) is 4.79. The minimum atomic E-state index is -0.982. The van der Waals surface area contributed by atoms with Crippen LogP contribution in [0.1, 0.15) is 35.0 Å². The van der Waals surface area contributed by atoms with Gasteiger partial charge in [0.05, 0.1) is 5.69 Å². The molecule has 1 fully saturated rings. The largest absolute Gasteiger partial charge is 0.478 e. The number of carbonyl (C=O) groups is 1. The first-order valence-corrected chi connectivity index (χ1v) is 7.21. The van der Waals surface area contributed by atoms with Crippen LogP contribution in [0.2, 0.25) is 0 Å². The van der Waals surface area contributed by atoms with Crippen molar-refractivity contribution in [1.82, 2.24) is 9.97 Å². The van der Waals surface area contributed by atoms with Crippen LogP contribution in [-0.4, -0.2) is 33.7 Å². The molecule has 1 aliphatic rings. The van der Waals surface area contributed by atoms with Gasteiger partial charge in [-0.3, -0.25) is 4.98 Å². The lowest BCUT2D eigenvalue weighted by Gasteiger charge is -2.30. The zero-order chi connectivity index (χ0) is 15.4. The monoisotopic (exact) mass is 299 g/mol. The van der Waals surface area contributed by atoms with Gasteiger partial charge in [-0.15, -0.1) is 0 Å². The Bertz CT molecular complexity index is 648. The summed E-state index contributed by atoms with van der Waals surface area (Å²) >= 11 is 0. The van der Waals surface area contributed by atoms with Gasteiger partial charge >= 0.3 is 5.97 Å². The molecule has 1 saturated heterocycles. The SMILES string of the molecule is O=C(O)c1cccnc1N[C@@H]1CCO[C@@H](c2ccccn2)C1. The number of ether oxygens (including phenoxy) is 1. The minimum absolute atomic E-state index is 0.0792. The van der Waals surface area contributed by atoms with Gasteiger partial charge in [0.25, 0.3) is 0 Å². The van der Waals surface area contributed by atoms with Gasteiger partial charge in [-0.1, -0.05) is 6.07 Å². The number of aromatic carboxylic acids is 1. The van der Waals surface area contributed by atoms with Crippen LogP contribution >= 0.6 is 0 Å². The number of hydrogen-bond donors (Lipinski definition) is 2. The molecule has 0 bridgehead atoms. The highest BCUT2D eigenvalue weighted by atomic mass is 16.5. The molecule has 114 valence electrons. The molecule has 22 heavy (non-hydrogen) atoms.